The second-order valence-corrected chi connectivity index (χ2v) is 1.55. The smallest absolute Gasteiger partial charge is 0.0477 e. The third kappa shape index (κ3) is 7.17. The number of allylic oxidation sites excluding steroid dienone is 1. The molecule has 0 aliphatic rings. The van der Waals surface area contributed by atoms with E-state index in [1.807, 2.05) is 0 Å². The molecule has 0 unspecified atom stereocenters. The van der Waals surface area contributed by atoms with Crippen LogP contribution in [0.5, 0.6) is 0 Å². The van der Waals surface area contributed by atoms with Crippen molar-refractivity contribution in [3.05, 3.63) is 12.7 Å². The summed E-state index contributed by atoms with van der Waals surface area (Å²) in [5.74, 6) is 0. The third-order valence-electron chi connectivity index (χ3n) is 0.699. The van der Waals surface area contributed by atoms with E-state index in [9.17, 15) is 0 Å². The number of rotatable bonds is 5. The van der Waals surface area contributed by atoms with E-state index in [-0.39, 0.29) is 0 Å². The zero-order valence-corrected chi connectivity index (χ0v) is 5.72. The SMILES string of the molecule is C=C/C=N\NNCCC. The van der Waals surface area contributed by atoms with E-state index in [1.165, 1.54) is 0 Å². The minimum atomic E-state index is 0.925. The topological polar surface area (TPSA) is 36.4 Å². The van der Waals surface area contributed by atoms with Gasteiger partial charge in [0.1, 0.15) is 0 Å². The van der Waals surface area contributed by atoms with E-state index in [1.54, 1.807) is 12.3 Å². The van der Waals surface area contributed by atoms with Gasteiger partial charge in [-0.1, -0.05) is 13.5 Å². The van der Waals surface area contributed by atoms with Crippen molar-refractivity contribution in [1.29, 1.82) is 0 Å². The molecule has 0 rings (SSSR count). The van der Waals surface area contributed by atoms with Crippen LogP contribution in [0.15, 0.2) is 17.8 Å². The van der Waals surface area contributed by atoms with Gasteiger partial charge in [-0.2, -0.15) is 5.10 Å². The molecule has 2 N–H and O–H groups in total. The van der Waals surface area contributed by atoms with Crippen LogP contribution in [0.25, 0.3) is 0 Å². The van der Waals surface area contributed by atoms with Gasteiger partial charge in [0, 0.05) is 12.8 Å². The molecule has 9 heavy (non-hydrogen) atoms. The van der Waals surface area contributed by atoms with Crippen LogP contribution in [0.3, 0.4) is 0 Å². The number of hydrogen-bond donors (Lipinski definition) is 2. The Balaban J connectivity index is 2.90. The predicted molar refractivity (Wildman–Crippen MR) is 40.1 cm³/mol. The molecule has 0 bridgehead atoms. The van der Waals surface area contributed by atoms with Crippen LogP contribution in [0.2, 0.25) is 0 Å². The first-order valence-electron chi connectivity index (χ1n) is 3.03. The molecule has 0 fully saturated rings. The highest BCUT2D eigenvalue weighted by molar-refractivity contribution is 5.69. The summed E-state index contributed by atoms with van der Waals surface area (Å²) in [7, 11) is 0. The monoisotopic (exact) mass is 127 g/mol. The van der Waals surface area contributed by atoms with Gasteiger partial charge in [-0.25, -0.2) is 11.0 Å². The van der Waals surface area contributed by atoms with Gasteiger partial charge in [-0.15, -0.1) is 0 Å². The maximum absolute atomic E-state index is 3.72. The van der Waals surface area contributed by atoms with Crippen molar-refractivity contribution in [2.45, 2.75) is 13.3 Å². The van der Waals surface area contributed by atoms with E-state index in [0.717, 1.165) is 13.0 Å². The molecular formula is C6H13N3. The van der Waals surface area contributed by atoms with Gasteiger partial charge in [0.15, 0.2) is 0 Å². The van der Waals surface area contributed by atoms with Crippen molar-refractivity contribution in [3.63, 3.8) is 0 Å². The maximum atomic E-state index is 3.72. The predicted octanol–water partition coefficient (Wildman–Crippen LogP) is 0.662. The van der Waals surface area contributed by atoms with E-state index in [4.69, 9.17) is 0 Å². The molecule has 0 spiro atoms. The number of hydrazine groups is 1. The number of nitrogens with one attached hydrogen (secondary N) is 2. The van der Waals surface area contributed by atoms with Gasteiger partial charge in [0.05, 0.1) is 0 Å². The summed E-state index contributed by atoms with van der Waals surface area (Å²) in [4.78, 5) is 0. The molecule has 0 saturated heterocycles. The Morgan fingerprint density at radius 2 is 2.44 bits per heavy atom. The first-order chi connectivity index (χ1) is 4.41. The number of hydrazone groups is 1. The van der Waals surface area contributed by atoms with Gasteiger partial charge in [-0.3, -0.25) is 0 Å². The van der Waals surface area contributed by atoms with Crippen LogP contribution in [-0.2, 0) is 0 Å². The molecule has 0 amide bonds. The molecule has 0 aromatic rings. The van der Waals surface area contributed by atoms with Crippen molar-refractivity contribution in [2.24, 2.45) is 5.10 Å². The highest BCUT2D eigenvalue weighted by atomic mass is 15.5. The molecule has 0 heterocycles. The van der Waals surface area contributed by atoms with E-state index in [0.29, 0.717) is 0 Å². The lowest BCUT2D eigenvalue weighted by molar-refractivity contribution is 0.555. The maximum Gasteiger partial charge on any atom is 0.0477 e. The summed E-state index contributed by atoms with van der Waals surface area (Å²) in [6.07, 6.45) is 4.29. The zero-order valence-electron chi connectivity index (χ0n) is 5.72. The fourth-order valence-corrected chi connectivity index (χ4v) is 0.317. The average Bonchev–Trinajstić information content (AvgIpc) is 1.89. The first kappa shape index (κ1) is 8.17. The molecule has 0 radical (unpaired) electrons. The second kappa shape index (κ2) is 7.17. The van der Waals surface area contributed by atoms with Crippen molar-refractivity contribution >= 4 is 6.21 Å². The molecule has 0 atom stereocenters. The number of hydrogen-bond acceptors (Lipinski definition) is 3. The van der Waals surface area contributed by atoms with Crippen LogP contribution in [0, 0.1) is 0 Å². The van der Waals surface area contributed by atoms with Crippen molar-refractivity contribution in [2.75, 3.05) is 6.54 Å². The van der Waals surface area contributed by atoms with Crippen LogP contribution in [-0.4, -0.2) is 12.8 Å². The van der Waals surface area contributed by atoms with Gasteiger partial charge in [0.25, 0.3) is 0 Å². The average molecular weight is 127 g/mol. The molecule has 52 valence electrons. The van der Waals surface area contributed by atoms with E-state index < -0.39 is 0 Å². The third-order valence-corrected chi connectivity index (χ3v) is 0.699. The standard InChI is InChI=1S/C6H13N3/c1-3-5-7-9-8-6-4-2/h3,5,8-9H,1,4,6H2,2H3/b7-5-. The van der Waals surface area contributed by atoms with Crippen molar-refractivity contribution < 1.29 is 0 Å². The Labute approximate surface area is 55.8 Å². The van der Waals surface area contributed by atoms with Crippen LogP contribution >= 0.6 is 0 Å². The zero-order chi connectivity index (χ0) is 6.95. The minimum Gasteiger partial charge on any atom is -0.243 e. The molecular weight excluding hydrogens is 114 g/mol. The summed E-state index contributed by atoms with van der Waals surface area (Å²) in [6, 6.07) is 0. The lowest BCUT2D eigenvalue weighted by atomic mass is 10.5. The molecule has 0 aliphatic heterocycles. The van der Waals surface area contributed by atoms with Crippen LogP contribution in [0.4, 0.5) is 0 Å². The molecule has 0 saturated carbocycles. The van der Waals surface area contributed by atoms with Gasteiger partial charge in [-0.05, 0) is 12.5 Å². The Kier molecular flexibility index (Phi) is 6.51. The van der Waals surface area contributed by atoms with E-state index >= 15 is 0 Å². The Morgan fingerprint density at radius 1 is 1.67 bits per heavy atom. The summed E-state index contributed by atoms with van der Waals surface area (Å²) < 4.78 is 0. The summed E-state index contributed by atoms with van der Waals surface area (Å²) in [6.45, 7) is 6.48. The van der Waals surface area contributed by atoms with E-state index in [2.05, 4.69) is 29.6 Å². The summed E-state index contributed by atoms with van der Waals surface area (Å²) in [5, 5.41) is 3.72. The molecule has 0 aromatic carbocycles. The van der Waals surface area contributed by atoms with Crippen molar-refractivity contribution in [1.82, 2.24) is 11.0 Å². The fraction of sp³-hybridized carbons (Fsp3) is 0.500. The fourth-order valence-electron chi connectivity index (χ4n) is 0.317. The van der Waals surface area contributed by atoms with Crippen molar-refractivity contribution in [3.8, 4) is 0 Å². The first-order valence-corrected chi connectivity index (χ1v) is 3.03. The highest BCUT2D eigenvalue weighted by Crippen LogP contribution is 1.64. The van der Waals surface area contributed by atoms with Gasteiger partial charge >= 0.3 is 0 Å². The lowest BCUT2D eigenvalue weighted by Crippen LogP contribution is -2.27. The Morgan fingerprint density at radius 3 is 3.00 bits per heavy atom. The molecule has 0 aromatic heterocycles. The lowest BCUT2D eigenvalue weighted by Gasteiger charge is -1.97. The quantitative estimate of drug-likeness (QED) is 0.323. The Hall–Kier alpha value is -0.830. The van der Waals surface area contributed by atoms with Gasteiger partial charge < -0.3 is 0 Å². The highest BCUT2D eigenvalue weighted by Gasteiger charge is 1.73. The second-order valence-electron chi connectivity index (χ2n) is 1.55. The van der Waals surface area contributed by atoms with Crippen LogP contribution in [0.1, 0.15) is 13.3 Å². The minimum absolute atomic E-state index is 0.925. The van der Waals surface area contributed by atoms with Crippen LogP contribution < -0.4 is 11.0 Å². The molecule has 0 aliphatic carbocycles. The normalized spacial score (nSPS) is 9.89. The summed E-state index contributed by atoms with van der Waals surface area (Å²) >= 11 is 0. The molecule has 3 nitrogen and oxygen atoms in total. The van der Waals surface area contributed by atoms with Gasteiger partial charge in [0.2, 0.25) is 0 Å². The number of nitrogens with zero attached hydrogens (tertiary/aromatic N) is 1. The Bertz CT molecular complexity index is 88.3. The summed E-state index contributed by atoms with van der Waals surface area (Å²) in [5.41, 5.74) is 5.51. The largest absolute Gasteiger partial charge is 0.243 e. The molecule has 3 heteroatoms.